The van der Waals surface area contributed by atoms with Crippen LogP contribution in [0.15, 0.2) is 22.2 Å². The molecule has 3 aliphatic heterocycles. The third-order valence-corrected chi connectivity index (χ3v) is 15.6. The minimum absolute atomic E-state index is 0.0893. The van der Waals surface area contributed by atoms with E-state index in [9.17, 15) is 33.4 Å². The van der Waals surface area contributed by atoms with E-state index < -0.39 is 123 Å². The van der Waals surface area contributed by atoms with Crippen LogP contribution in [0, 0.1) is 6.92 Å². The van der Waals surface area contributed by atoms with Crippen molar-refractivity contribution < 1.29 is 74.7 Å². The molecule has 4 aromatic rings. The van der Waals surface area contributed by atoms with Crippen LogP contribution in [0.25, 0.3) is 22.3 Å². The lowest BCUT2D eigenvalue weighted by atomic mass is 10.1. The van der Waals surface area contributed by atoms with Crippen LogP contribution in [0.2, 0.25) is 0 Å². The van der Waals surface area contributed by atoms with Gasteiger partial charge < -0.3 is 44.2 Å². The number of hydrogen-bond donors (Lipinski definition) is 4. The average molecular weight is 956 g/mol. The van der Waals surface area contributed by atoms with E-state index in [2.05, 4.69) is 29.9 Å². The third-order valence-electron chi connectivity index (χ3n) is 8.86. The lowest BCUT2D eigenvalue weighted by Crippen LogP contribution is -2.35. The van der Waals surface area contributed by atoms with Gasteiger partial charge in [-0.2, -0.15) is 4.98 Å². The molecule has 62 heavy (non-hydrogen) atoms. The first-order chi connectivity index (χ1) is 29.3. The van der Waals surface area contributed by atoms with E-state index in [1.807, 2.05) is 0 Å². The Balaban J connectivity index is 1.27. The van der Waals surface area contributed by atoms with Crippen molar-refractivity contribution in [1.29, 1.82) is 0 Å². The van der Waals surface area contributed by atoms with Gasteiger partial charge in [0.05, 0.1) is 38.1 Å². The molecule has 4 unspecified atom stereocenters. The number of fused-ring (bicyclic) bond motifs is 5. The summed E-state index contributed by atoms with van der Waals surface area (Å²) in [7, 11) is 0. The number of nitrogens with two attached hydrogens (primary N) is 1. The number of aliphatic hydroxyl groups excluding tert-OH is 1. The molecule has 340 valence electrons. The fraction of sp³-hybridized carbons (Fsp3) is 0.613. The highest BCUT2D eigenvalue weighted by Gasteiger charge is 2.55. The molecule has 7 rings (SSSR count). The highest BCUT2D eigenvalue weighted by molar-refractivity contribution is 8.55. The zero-order valence-electron chi connectivity index (χ0n) is 33.1. The Morgan fingerprint density at radius 3 is 1.94 bits per heavy atom. The van der Waals surface area contributed by atoms with Crippen LogP contribution in [0.3, 0.4) is 0 Å². The van der Waals surface area contributed by atoms with Gasteiger partial charge in [0.1, 0.15) is 36.3 Å². The largest absolute Gasteiger partial charge is 0.509 e. The van der Waals surface area contributed by atoms with Crippen molar-refractivity contribution in [3.05, 3.63) is 39.2 Å². The Bertz CT molecular complexity index is 2520. The predicted molar refractivity (Wildman–Crippen MR) is 211 cm³/mol. The number of nitrogens with one attached hydrogen (secondary N) is 2. The highest BCUT2D eigenvalue weighted by Crippen LogP contribution is 2.66. The number of nitrogen functional groups attached to an aromatic ring is 1. The van der Waals surface area contributed by atoms with E-state index in [0.29, 0.717) is 22.8 Å². The second-order valence-electron chi connectivity index (χ2n) is 14.1. The van der Waals surface area contributed by atoms with Gasteiger partial charge in [-0.3, -0.25) is 41.8 Å². The molecule has 10 atom stereocenters. The predicted octanol–water partition coefficient (Wildman–Crippen LogP) is 3.18. The van der Waals surface area contributed by atoms with Crippen LogP contribution in [0.1, 0.15) is 46.0 Å². The summed E-state index contributed by atoms with van der Waals surface area (Å²) in [5.41, 5.74) is 3.83. The molecular formula is C31H40FN9O17P2S2. The number of anilines is 1. The zero-order chi connectivity index (χ0) is 44.7. The van der Waals surface area contributed by atoms with Gasteiger partial charge in [-0.05, 0) is 34.6 Å². The Kier molecular flexibility index (Phi) is 13.7. The van der Waals surface area contributed by atoms with Gasteiger partial charge in [0.2, 0.25) is 5.95 Å². The normalized spacial score (nSPS) is 30.5. The second kappa shape index (κ2) is 18.5. The van der Waals surface area contributed by atoms with Crippen LogP contribution in [-0.2, 0) is 55.6 Å². The number of H-pyrrole nitrogens is 2. The van der Waals surface area contributed by atoms with Gasteiger partial charge in [-0.25, -0.2) is 38.1 Å². The Morgan fingerprint density at radius 1 is 0.855 bits per heavy atom. The number of hydrogen-bond acceptors (Lipinski definition) is 24. The van der Waals surface area contributed by atoms with Crippen LogP contribution in [-0.4, -0.2) is 130 Å². The van der Waals surface area contributed by atoms with Gasteiger partial charge in [-0.1, -0.05) is 0 Å². The molecule has 3 saturated heterocycles. The fourth-order valence-corrected chi connectivity index (χ4v) is 11.8. The van der Waals surface area contributed by atoms with Gasteiger partial charge >= 0.3 is 25.9 Å². The van der Waals surface area contributed by atoms with Crippen LogP contribution >= 0.6 is 36.4 Å². The number of imidazole rings is 2. The molecular weight excluding hydrogens is 915 g/mol. The lowest BCUT2D eigenvalue weighted by Gasteiger charge is -2.28. The van der Waals surface area contributed by atoms with Crippen LogP contribution in [0.5, 0.6) is 0 Å². The molecule has 4 aromatic heterocycles. The van der Waals surface area contributed by atoms with E-state index in [1.165, 1.54) is 6.92 Å². The van der Waals surface area contributed by atoms with Gasteiger partial charge in [0, 0.05) is 22.8 Å². The second-order valence-corrected chi connectivity index (χ2v) is 22.0. The quantitative estimate of drug-likeness (QED) is 0.101. The number of aromatic nitrogens is 8. The number of aromatic amines is 2. The summed E-state index contributed by atoms with van der Waals surface area (Å²) in [5, 5.41) is 11.7. The number of halogens is 1. The van der Waals surface area contributed by atoms with E-state index in [0.717, 1.165) is 21.8 Å². The molecule has 31 heteroatoms. The third kappa shape index (κ3) is 9.97. The summed E-state index contributed by atoms with van der Waals surface area (Å²) >= 11 is 0.615. The van der Waals surface area contributed by atoms with Gasteiger partial charge in [0.25, 0.3) is 11.1 Å². The summed E-state index contributed by atoms with van der Waals surface area (Å²) in [4.78, 5) is 71.1. The maximum Gasteiger partial charge on any atom is 0.509 e. The Morgan fingerprint density at radius 2 is 1.35 bits per heavy atom. The first-order valence-corrected chi connectivity index (χ1v) is 24.7. The number of aliphatic hydroxyl groups is 1. The molecule has 5 N–H and O–H groups in total. The Hall–Kier alpha value is -4.15. The number of carbonyl (C=O) groups excluding carboxylic acids is 2. The minimum Gasteiger partial charge on any atom is -0.432 e. The minimum atomic E-state index is -4.77. The smallest absolute Gasteiger partial charge is 0.432 e. The van der Waals surface area contributed by atoms with E-state index in [-0.39, 0.29) is 34.1 Å². The number of ether oxygens (including phenoxy) is 6. The summed E-state index contributed by atoms with van der Waals surface area (Å²) in [6.45, 7) is -3.48. The number of alkyl halides is 1. The number of carbonyl (C=O) groups is 2. The molecule has 3 aliphatic rings. The van der Waals surface area contributed by atoms with Crippen molar-refractivity contribution in [3.63, 3.8) is 0 Å². The summed E-state index contributed by atoms with van der Waals surface area (Å²) in [5.74, 6) is -1.58. The maximum absolute atomic E-state index is 16.9. The first kappa shape index (κ1) is 45.9. The van der Waals surface area contributed by atoms with E-state index in [1.54, 1.807) is 27.7 Å². The number of nitrogens with zero attached hydrogens (tertiary/aromatic N) is 6. The summed E-state index contributed by atoms with van der Waals surface area (Å²) in [6, 6.07) is 0. The van der Waals surface area contributed by atoms with Crippen molar-refractivity contribution in [1.82, 2.24) is 39.0 Å². The SMILES string of the molecule is Cc1nc2c(ncn2[C@@H]2O[C@@H]3COP(=O)(SCOC(=O)OC(C)C)OC4[C@@H](O)[C@@H](COP(=O)(SCOC(=O)OC(C)C)O[C@@H]3C2F)O[C@H]4n2cnc3c(=O)[nH]c(N)nc32)c(=O)[nH]1. The maximum atomic E-state index is 16.9. The molecule has 0 aliphatic carbocycles. The summed E-state index contributed by atoms with van der Waals surface area (Å²) in [6.07, 6.45) is -15.4. The molecule has 7 heterocycles. The van der Waals surface area contributed by atoms with Crippen LogP contribution in [0.4, 0.5) is 19.9 Å². The monoisotopic (exact) mass is 955 g/mol. The number of rotatable bonds is 10. The van der Waals surface area contributed by atoms with Gasteiger partial charge in [-0.15, -0.1) is 0 Å². The number of aryl methyl sites for hydroxylation is 1. The topological polar surface area (TPSA) is 334 Å². The zero-order valence-corrected chi connectivity index (χ0v) is 36.5. The fourth-order valence-electron chi connectivity index (χ4n) is 6.28. The molecule has 0 amide bonds. The molecule has 0 aromatic carbocycles. The van der Waals surface area contributed by atoms with E-state index in [4.69, 9.17) is 52.2 Å². The van der Waals surface area contributed by atoms with Crippen molar-refractivity contribution in [2.45, 2.75) is 96.0 Å². The van der Waals surface area contributed by atoms with Crippen molar-refractivity contribution >= 4 is 76.9 Å². The standard InChI is InChI=1S/C31H40FN9O17P2S2/c1-12(2)53-30(45)49-10-61-59(47)51-6-15-20(42)22(28(55-15)41-9-35-19-24(41)38-29(33)39-26(19)44)58-60(48,62-11-50-31(46)54-13(3)4)52-7-16-21(57-59)17(32)27(56-16)40-8-34-18-23(40)36-14(5)37-25(18)43/h8-9,12-13,15-17,20-22,27-28,42H,6-7,10-11H2,1-5H3,(H,36,37,43)(H3,33,38,39,44)/t15-,16-,17?,20+,21+,22?,27-,28-,59?,60?/m1/s1. The highest BCUT2D eigenvalue weighted by atomic mass is 32.7. The van der Waals surface area contributed by atoms with E-state index >= 15 is 4.39 Å². The average Bonchev–Trinajstić information content (AvgIpc) is 3.94. The van der Waals surface area contributed by atoms with Crippen molar-refractivity contribution in [2.75, 3.05) is 30.8 Å². The molecule has 0 spiro atoms. The molecule has 0 radical (unpaired) electrons. The van der Waals surface area contributed by atoms with Crippen LogP contribution < -0.4 is 16.9 Å². The van der Waals surface area contributed by atoms with Crippen molar-refractivity contribution in [3.8, 4) is 0 Å². The lowest BCUT2D eigenvalue weighted by molar-refractivity contribution is -0.0569. The molecule has 3 fully saturated rings. The Labute approximate surface area is 355 Å². The molecule has 0 saturated carbocycles. The van der Waals surface area contributed by atoms with Gasteiger partial charge in [0.15, 0.2) is 52.8 Å². The molecule has 26 nitrogen and oxygen atoms in total. The first-order valence-electron chi connectivity index (χ1n) is 18.4. The molecule has 2 bridgehead atoms. The summed E-state index contributed by atoms with van der Waals surface area (Å²) < 4.78 is 104. The van der Waals surface area contributed by atoms with Crippen molar-refractivity contribution in [2.24, 2.45) is 0 Å².